The second kappa shape index (κ2) is 4.83. The van der Waals surface area contributed by atoms with E-state index in [-0.39, 0.29) is 0 Å². The molecule has 0 saturated heterocycles. The maximum Gasteiger partial charge on any atom is 0.252 e. The summed E-state index contributed by atoms with van der Waals surface area (Å²) < 4.78 is 5.08. The van der Waals surface area contributed by atoms with Gasteiger partial charge in [-0.15, -0.1) is 0 Å². The number of pyridine rings is 1. The smallest absolute Gasteiger partial charge is 0.252 e. The van der Waals surface area contributed by atoms with Crippen LogP contribution >= 0.6 is 11.6 Å². The number of carbonyl (C=O) groups is 1. The van der Waals surface area contributed by atoms with E-state index in [0.29, 0.717) is 17.4 Å². The van der Waals surface area contributed by atoms with Crippen LogP contribution in [0.1, 0.15) is 47.7 Å². The van der Waals surface area contributed by atoms with Gasteiger partial charge in [-0.05, 0) is 30.5 Å². The molecule has 1 fully saturated rings. The minimum Gasteiger partial charge on any atom is -0.481 e. The summed E-state index contributed by atoms with van der Waals surface area (Å²) in [6.07, 6.45) is 4.73. The largest absolute Gasteiger partial charge is 0.481 e. The van der Waals surface area contributed by atoms with Crippen molar-refractivity contribution in [1.29, 1.82) is 0 Å². The van der Waals surface area contributed by atoms with Crippen LogP contribution in [0.25, 0.3) is 0 Å². The van der Waals surface area contributed by atoms with Crippen molar-refractivity contribution in [1.82, 2.24) is 4.98 Å². The van der Waals surface area contributed by atoms with Gasteiger partial charge in [-0.25, -0.2) is 4.98 Å². The first-order valence-corrected chi connectivity index (χ1v) is 5.84. The molecule has 0 N–H and O–H groups in total. The molecule has 0 spiro atoms. The number of rotatable bonds is 3. The topological polar surface area (TPSA) is 39.2 Å². The van der Waals surface area contributed by atoms with Crippen molar-refractivity contribution in [3.63, 3.8) is 0 Å². The molecule has 0 bridgehead atoms. The first kappa shape index (κ1) is 11.4. The number of aromatic nitrogens is 1. The number of halogens is 1. The molecule has 1 saturated carbocycles. The van der Waals surface area contributed by atoms with Crippen molar-refractivity contribution in [3.05, 3.63) is 23.4 Å². The maximum atomic E-state index is 11.2. The summed E-state index contributed by atoms with van der Waals surface area (Å²) in [7, 11) is 1.54. The number of ether oxygens (including phenoxy) is 1. The Kier molecular flexibility index (Phi) is 3.44. The molecule has 1 aromatic rings. The second-order valence-corrected chi connectivity index (χ2v) is 4.42. The van der Waals surface area contributed by atoms with Crippen molar-refractivity contribution in [2.75, 3.05) is 7.11 Å². The van der Waals surface area contributed by atoms with Crippen LogP contribution in [0.2, 0.25) is 0 Å². The van der Waals surface area contributed by atoms with Crippen LogP contribution in [0.4, 0.5) is 0 Å². The van der Waals surface area contributed by atoms with Crippen molar-refractivity contribution >= 4 is 16.8 Å². The summed E-state index contributed by atoms with van der Waals surface area (Å²) in [6, 6.07) is 3.36. The van der Waals surface area contributed by atoms with Gasteiger partial charge >= 0.3 is 0 Å². The van der Waals surface area contributed by atoms with Crippen LogP contribution in [0, 0.1) is 0 Å². The molecule has 1 aliphatic carbocycles. The van der Waals surface area contributed by atoms with E-state index in [0.717, 1.165) is 18.5 Å². The fourth-order valence-corrected chi connectivity index (χ4v) is 2.28. The number of nitrogens with zero attached hydrogens (tertiary/aromatic N) is 1. The summed E-state index contributed by atoms with van der Waals surface area (Å²) in [5.41, 5.74) is 1.40. The van der Waals surface area contributed by atoms with Gasteiger partial charge in [0.05, 0.1) is 7.11 Å². The minimum atomic E-state index is -0.458. The van der Waals surface area contributed by atoms with Gasteiger partial charge in [-0.3, -0.25) is 4.79 Å². The Morgan fingerprint density at radius 3 is 2.69 bits per heavy atom. The molecule has 16 heavy (non-hydrogen) atoms. The predicted molar refractivity (Wildman–Crippen MR) is 62.2 cm³/mol. The Morgan fingerprint density at radius 1 is 1.44 bits per heavy atom. The van der Waals surface area contributed by atoms with Crippen LogP contribution in [-0.2, 0) is 0 Å². The summed E-state index contributed by atoms with van der Waals surface area (Å²) in [6.45, 7) is 0. The SMILES string of the molecule is COc1cc(C(=O)Cl)cc(C2CCCC2)n1. The monoisotopic (exact) mass is 239 g/mol. The standard InChI is InChI=1S/C12H14ClNO2/c1-16-11-7-9(12(13)15)6-10(14-11)8-4-2-3-5-8/h6-8H,2-5H2,1H3. The minimum absolute atomic E-state index is 0.449. The first-order valence-electron chi connectivity index (χ1n) is 5.46. The Bertz CT molecular complexity index is 400. The fourth-order valence-electron chi connectivity index (χ4n) is 2.17. The van der Waals surface area contributed by atoms with Crippen molar-refractivity contribution in [2.24, 2.45) is 0 Å². The average Bonchev–Trinajstić information content (AvgIpc) is 2.81. The fraction of sp³-hybridized carbons (Fsp3) is 0.500. The van der Waals surface area contributed by atoms with E-state index < -0.39 is 5.24 Å². The van der Waals surface area contributed by atoms with Crippen molar-refractivity contribution in [3.8, 4) is 5.88 Å². The van der Waals surface area contributed by atoms with Crippen LogP contribution in [0.15, 0.2) is 12.1 Å². The van der Waals surface area contributed by atoms with Gasteiger partial charge in [0.2, 0.25) is 5.88 Å². The van der Waals surface area contributed by atoms with E-state index in [1.807, 2.05) is 0 Å². The number of hydrogen-bond donors (Lipinski definition) is 0. The van der Waals surface area contributed by atoms with E-state index in [1.165, 1.54) is 12.8 Å². The van der Waals surface area contributed by atoms with Gasteiger partial charge in [0.1, 0.15) is 0 Å². The van der Waals surface area contributed by atoms with Crippen LogP contribution in [0.5, 0.6) is 5.88 Å². The lowest BCUT2D eigenvalue weighted by molar-refractivity contribution is 0.108. The molecular formula is C12H14ClNO2. The predicted octanol–water partition coefficient (Wildman–Crippen LogP) is 3.13. The van der Waals surface area contributed by atoms with Gasteiger partial charge in [-0.2, -0.15) is 0 Å². The van der Waals surface area contributed by atoms with Crippen molar-refractivity contribution in [2.45, 2.75) is 31.6 Å². The Morgan fingerprint density at radius 2 is 2.12 bits per heavy atom. The summed E-state index contributed by atoms with van der Waals surface area (Å²) in [5, 5.41) is -0.458. The quantitative estimate of drug-likeness (QED) is 0.761. The highest BCUT2D eigenvalue weighted by Gasteiger charge is 2.20. The van der Waals surface area contributed by atoms with E-state index in [1.54, 1.807) is 19.2 Å². The van der Waals surface area contributed by atoms with E-state index >= 15 is 0 Å². The normalized spacial score (nSPS) is 16.4. The summed E-state index contributed by atoms with van der Waals surface area (Å²) in [5.74, 6) is 0.915. The lowest BCUT2D eigenvalue weighted by atomic mass is 10.0. The van der Waals surface area contributed by atoms with Gasteiger partial charge in [0.15, 0.2) is 0 Å². The third-order valence-corrected chi connectivity index (χ3v) is 3.25. The van der Waals surface area contributed by atoms with E-state index in [9.17, 15) is 4.79 Å². The highest BCUT2D eigenvalue weighted by molar-refractivity contribution is 6.67. The molecular weight excluding hydrogens is 226 g/mol. The molecule has 0 atom stereocenters. The van der Waals surface area contributed by atoms with Gasteiger partial charge in [-0.1, -0.05) is 12.8 Å². The van der Waals surface area contributed by atoms with E-state index in [2.05, 4.69) is 4.98 Å². The average molecular weight is 240 g/mol. The van der Waals surface area contributed by atoms with Gasteiger partial charge < -0.3 is 4.74 Å². The number of carbonyl (C=O) groups excluding carboxylic acids is 1. The zero-order valence-electron chi connectivity index (χ0n) is 9.20. The lowest BCUT2D eigenvalue weighted by Gasteiger charge is -2.11. The zero-order chi connectivity index (χ0) is 11.5. The molecule has 1 heterocycles. The lowest BCUT2D eigenvalue weighted by Crippen LogP contribution is -2.02. The maximum absolute atomic E-state index is 11.2. The zero-order valence-corrected chi connectivity index (χ0v) is 9.96. The molecule has 86 valence electrons. The highest BCUT2D eigenvalue weighted by atomic mass is 35.5. The molecule has 0 radical (unpaired) electrons. The first-order chi connectivity index (χ1) is 7.70. The Labute approximate surface area is 99.8 Å². The summed E-state index contributed by atoms with van der Waals surface area (Å²) >= 11 is 5.49. The summed E-state index contributed by atoms with van der Waals surface area (Å²) in [4.78, 5) is 15.5. The molecule has 0 aliphatic heterocycles. The Hall–Kier alpha value is -1.09. The molecule has 3 nitrogen and oxygen atoms in total. The Balaban J connectivity index is 2.35. The third kappa shape index (κ3) is 2.35. The molecule has 4 heteroatoms. The molecule has 1 aromatic heterocycles. The second-order valence-electron chi connectivity index (χ2n) is 4.08. The molecule has 0 unspecified atom stereocenters. The molecule has 2 rings (SSSR count). The highest BCUT2D eigenvalue weighted by Crippen LogP contribution is 2.34. The number of hydrogen-bond acceptors (Lipinski definition) is 3. The third-order valence-electron chi connectivity index (χ3n) is 3.03. The van der Waals surface area contributed by atoms with Gasteiger partial charge in [0.25, 0.3) is 5.24 Å². The molecule has 0 aromatic carbocycles. The van der Waals surface area contributed by atoms with Crippen molar-refractivity contribution < 1.29 is 9.53 Å². The van der Waals surface area contributed by atoms with Crippen LogP contribution < -0.4 is 4.74 Å². The van der Waals surface area contributed by atoms with E-state index in [4.69, 9.17) is 16.3 Å². The van der Waals surface area contributed by atoms with Gasteiger partial charge in [0, 0.05) is 23.2 Å². The molecule has 1 aliphatic rings. The molecule has 0 amide bonds. The van der Waals surface area contributed by atoms with Crippen LogP contribution in [-0.4, -0.2) is 17.3 Å². The van der Waals surface area contributed by atoms with Crippen LogP contribution in [0.3, 0.4) is 0 Å². The number of methoxy groups -OCH3 is 1.